The number of nitrogens with one attached hydrogen (secondary N) is 2. The third-order valence-electron chi connectivity index (χ3n) is 2.77. The first-order chi connectivity index (χ1) is 9.70. The van der Waals surface area contributed by atoms with E-state index in [9.17, 15) is 14.0 Å². The van der Waals surface area contributed by atoms with Gasteiger partial charge in [-0.15, -0.1) is 0 Å². The van der Waals surface area contributed by atoms with Gasteiger partial charge in [0, 0.05) is 18.7 Å². The predicted molar refractivity (Wildman–Crippen MR) is 84.8 cm³/mol. The first-order valence-electron chi connectivity index (χ1n) is 6.67. The molecule has 4 nitrogen and oxygen atoms in total. The predicted octanol–water partition coefficient (Wildman–Crippen LogP) is 3.08. The van der Waals surface area contributed by atoms with Gasteiger partial charge in [0.15, 0.2) is 0 Å². The Morgan fingerprint density at radius 1 is 1.24 bits per heavy atom. The van der Waals surface area contributed by atoms with E-state index >= 15 is 0 Å². The summed E-state index contributed by atoms with van der Waals surface area (Å²) in [6, 6.07) is 5.52. The number of rotatable bonds is 5. The molecule has 1 aromatic carbocycles. The van der Waals surface area contributed by atoms with Crippen LogP contribution in [0.5, 0.6) is 0 Å². The summed E-state index contributed by atoms with van der Waals surface area (Å²) in [5, 5.41) is 5.34. The Balaban J connectivity index is 2.34. The fourth-order valence-corrected chi connectivity index (χ4v) is 1.70. The molecule has 0 fully saturated rings. The molecule has 1 aromatic rings. The lowest BCUT2D eigenvalue weighted by atomic mass is 9.92. The van der Waals surface area contributed by atoms with Crippen molar-refractivity contribution >= 4 is 33.4 Å². The Labute approximate surface area is 132 Å². The lowest BCUT2D eigenvalue weighted by Gasteiger charge is -2.24. The molecular formula is C15H20BrFN2O2. The zero-order valence-corrected chi connectivity index (χ0v) is 14.0. The third-order valence-corrected chi connectivity index (χ3v) is 4.56. The van der Waals surface area contributed by atoms with Gasteiger partial charge < -0.3 is 10.6 Å². The van der Waals surface area contributed by atoms with Crippen LogP contribution in [0, 0.1) is 11.2 Å². The van der Waals surface area contributed by atoms with Gasteiger partial charge in [-0.3, -0.25) is 9.59 Å². The molecule has 1 unspecified atom stereocenters. The van der Waals surface area contributed by atoms with Crippen LogP contribution in [0.25, 0.3) is 0 Å². The van der Waals surface area contributed by atoms with Crippen molar-refractivity contribution in [1.29, 1.82) is 0 Å². The number of alkyl halides is 1. The van der Waals surface area contributed by atoms with Crippen LogP contribution in [-0.2, 0) is 9.59 Å². The van der Waals surface area contributed by atoms with E-state index < -0.39 is 0 Å². The fraction of sp³-hybridized carbons (Fsp3) is 0.467. The summed E-state index contributed by atoms with van der Waals surface area (Å²) in [6.07, 6.45) is 0.160. The minimum atomic E-state index is -0.356. The van der Waals surface area contributed by atoms with Crippen molar-refractivity contribution in [1.82, 2.24) is 5.32 Å². The molecule has 0 spiro atoms. The van der Waals surface area contributed by atoms with Crippen molar-refractivity contribution < 1.29 is 14.0 Å². The highest BCUT2D eigenvalue weighted by molar-refractivity contribution is 9.10. The molecular weight excluding hydrogens is 339 g/mol. The molecule has 0 aliphatic carbocycles. The second kappa shape index (κ2) is 7.54. The summed E-state index contributed by atoms with van der Waals surface area (Å²) in [5.41, 5.74) is 0.335. The SMILES string of the molecule is CC(C)(C)C(Br)C(=O)NCCC(=O)Nc1ccc(F)cc1. The van der Waals surface area contributed by atoms with Crippen LogP contribution >= 0.6 is 15.9 Å². The third kappa shape index (κ3) is 6.25. The van der Waals surface area contributed by atoms with E-state index in [1.54, 1.807) is 0 Å². The van der Waals surface area contributed by atoms with Crippen molar-refractivity contribution in [2.24, 2.45) is 5.41 Å². The van der Waals surface area contributed by atoms with Crippen LogP contribution in [0.2, 0.25) is 0 Å². The zero-order valence-electron chi connectivity index (χ0n) is 12.4. The lowest BCUT2D eigenvalue weighted by Crippen LogP contribution is -2.39. The Bertz CT molecular complexity index is 497. The number of carbonyl (C=O) groups is 2. The Hall–Kier alpha value is -1.43. The van der Waals surface area contributed by atoms with Crippen LogP contribution in [0.3, 0.4) is 0 Å². The molecule has 2 amide bonds. The van der Waals surface area contributed by atoms with Gasteiger partial charge in [-0.1, -0.05) is 36.7 Å². The highest BCUT2D eigenvalue weighted by Crippen LogP contribution is 2.25. The van der Waals surface area contributed by atoms with Gasteiger partial charge in [-0.2, -0.15) is 0 Å². The van der Waals surface area contributed by atoms with Gasteiger partial charge in [0.2, 0.25) is 11.8 Å². The van der Waals surface area contributed by atoms with Crippen molar-refractivity contribution in [2.45, 2.75) is 32.0 Å². The number of halogens is 2. The molecule has 0 bridgehead atoms. The first-order valence-corrected chi connectivity index (χ1v) is 7.59. The zero-order chi connectivity index (χ0) is 16.0. The summed E-state index contributed by atoms with van der Waals surface area (Å²) in [6.45, 7) is 6.11. The largest absolute Gasteiger partial charge is 0.355 e. The molecule has 1 atom stereocenters. The van der Waals surface area contributed by atoms with Crippen LogP contribution in [0.4, 0.5) is 10.1 Å². The fourth-order valence-electron chi connectivity index (χ4n) is 1.54. The summed E-state index contributed by atoms with van der Waals surface area (Å²) in [4.78, 5) is 23.2. The Morgan fingerprint density at radius 2 is 1.81 bits per heavy atom. The number of anilines is 1. The molecule has 116 valence electrons. The highest BCUT2D eigenvalue weighted by atomic mass is 79.9. The van der Waals surface area contributed by atoms with Gasteiger partial charge in [0.05, 0.1) is 4.83 Å². The molecule has 21 heavy (non-hydrogen) atoms. The van der Waals surface area contributed by atoms with Crippen molar-refractivity contribution in [3.63, 3.8) is 0 Å². The van der Waals surface area contributed by atoms with E-state index in [0.29, 0.717) is 5.69 Å². The monoisotopic (exact) mass is 358 g/mol. The number of hydrogen-bond acceptors (Lipinski definition) is 2. The van der Waals surface area contributed by atoms with E-state index in [4.69, 9.17) is 0 Å². The lowest BCUT2D eigenvalue weighted by molar-refractivity contribution is -0.122. The highest BCUT2D eigenvalue weighted by Gasteiger charge is 2.28. The summed E-state index contributed by atoms with van der Waals surface area (Å²) in [7, 11) is 0. The smallest absolute Gasteiger partial charge is 0.234 e. The first kappa shape index (κ1) is 17.6. The van der Waals surface area contributed by atoms with Crippen molar-refractivity contribution in [3.8, 4) is 0 Å². The second-order valence-electron chi connectivity index (χ2n) is 5.82. The molecule has 2 N–H and O–H groups in total. The summed E-state index contributed by atoms with van der Waals surface area (Å²) >= 11 is 3.34. The standard InChI is InChI=1S/C15H20BrFN2O2/c1-15(2,3)13(16)14(21)18-9-8-12(20)19-11-6-4-10(17)5-7-11/h4-7,13H,8-9H2,1-3H3,(H,18,21)(H,19,20). The van der Waals surface area contributed by atoms with Crippen molar-refractivity contribution in [3.05, 3.63) is 30.1 Å². The van der Waals surface area contributed by atoms with E-state index in [2.05, 4.69) is 26.6 Å². The molecule has 1 rings (SSSR count). The second-order valence-corrected chi connectivity index (χ2v) is 6.74. The molecule has 0 heterocycles. The minimum Gasteiger partial charge on any atom is -0.355 e. The average Bonchev–Trinajstić information content (AvgIpc) is 2.39. The minimum absolute atomic E-state index is 0.142. The Morgan fingerprint density at radius 3 is 2.33 bits per heavy atom. The summed E-state index contributed by atoms with van der Waals surface area (Å²) < 4.78 is 12.7. The number of hydrogen-bond donors (Lipinski definition) is 2. The van der Waals surface area contributed by atoms with E-state index in [0.717, 1.165) is 0 Å². The number of amides is 2. The van der Waals surface area contributed by atoms with Gasteiger partial charge in [-0.25, -0.2) is 4.39 Å². The van der Waals surface area contributed by atoms with Crippen LogP contribution in [0.1, 0.15) is 27.2 Å². The van der Waals surface area contributed by atoms with Crippen LogP contribution in [-0.4, -0.2) is 23.2 Å². The summed E-state index contributed by atoms with van der Waals surface area (Å²) in [5.74, 6) is -0.730. The average molecular weight is 359 g/mol. The molecule has 0 saturated carbocycles. The molecule has 0 saturated heterocycles. The number of carbonyl (C=O) groups excluding carboxylic acids is 2. The quantitative estimate of drug-likeness (QED) is 0.794. The maximum absolute atomic E-state index is 12.7. The van der Waals surface area contributed by atoms with E-state index in [1.165, 1.54) is 24.3 Å². The molecule has 0 radical (unpaired) electrons. The normalized spacial score (nSPS) is 12.6. The maximum atomic E-state index is 12.7. The maximum Gasteiger partial charge on any atom is 0.234 e. The molecule has 0 aliphatic heterocycles. The van der Waals surface area contributed by atoms with E-state index in [1.807, 2.05) is 20.8 Å². The number of benzene rings is 1. The van der Waals surface area contributed by atoms with Gasteiger partial charge in [-0.05, 0) is 29.7 Å². The van der Waals surface area contributed by atoms with E-state index in [-0.39, 0.29) is 40.8 Å². The van der Waals surface area contributed by atoms with Crippen LogP contribution in [0.15, 0.2) is 24.3 Å². The van der Waals surface area contributed by atoms with Crippen molar-refractivity contribution in [2.75, 3.05) is 11.9 Å². The van der Waals surface area contributed by atoms with Gasteiger partial charge in [0.1, 0.15) is 5.82 Å². The Kier molecular flexibility index (Phi) is 6.33. The van der Waals surface area contributed by atoms with Gasteiger partial charge in [0.25, 0.3) is 0 Å². The molecule has 6 heteroatoms. The van der Waals surface area contributed by atoms with Crippen LogP contribution < -0.4 is 10.6 Å². The topological polar surface area (TPSA) is 58.2 Å². The molecule has 0 aliphatic rings. The van der Waals surface area contributed by atoms with Gasteiger partial charge >= 0.3 is 0 Å². The molecule has 0 aromatic heterocycles.